The fourth-order valence-electron chi connectivity index (χ4n) is 2.25. The molecule has 0 fully saturated rings. The van der Waals surface area contributed by atoms with E-state index in [-0.39, 0.29) is 18.1 Å². The van der Waals surface area contributed by atoms with Crippen molar-refractivity contribution in [1.29, 1.82) is 0 Å². The third kappa shape index (κ3) is 7.67. The van der Waals surface area contributed by atoms with Crippen molar-refractivity contribution in [2.75, 3.05) is 6.54 Å². The molecule has 0 aliphatic carbocycles. The maximum atomic E-state index is 12.3. The van der Waals surface area contributed by atoms with Crippen LogP contribution >= 0.6 is 0 Å². The number of hydrogen-bond acceptors (Lipinski definition) is 5. The highest BCUT2D eigenvalue weighted by Gasteiger charge is 2.25. The Hall–Kier alpha value is -2.61. The number of nitrogens with two attached hydrogens (primary N) is 1. The molecule has 1 rings (SSSR count). The highest BCUT2D eigenvalue weighted by molar-refractivity contribution is 5.91. The summed E-state index contributed by atoms with van der Waals surface area (Å²) in [6.45, 7) is 3.27. The molecule has 0 spiro atoms. The Labute approximate surface area is 146 Å². The lowest BCUT2D eigenvalue weighted by Gasteiger charge is -2.22. The number of hydrogen-bond donors (Lipinski definition) is 5. The van der Waals surface area contributed by atoms with Crippen molar-refractivity contribution in [3.8, 4) is 5.75 Å². The Kier molecular flexibility index (Phi) is 7.87. The van der Waals surface area contributed by atoms with E-state index in [0.29, 0.717) is 6.42 Å². The molecule has 25 heavy (non-hydrogen) atoms. The van der Waals surface area contributed by atoms with Crippen LogP contribution in [0.25, 0.3) is 0 Å². The number of benzene rings is 1. The quantitative estimate of drug-likeness (QED) is 0.424. The molecular formula is C17H25N3O5. The molecule has 0 radical (unpaired) electrons. The summed E-state index contributed by atoms with van der Waals surface area (Å²) in [6.07, 6.45) is 0.611. The van der Waals surface area contributed by atoms with Crippen LogP contribution in [0.2, 0.25) is 0 Å². The summed E-state index contributed by atoms with van der Waals surface area (Å²) in [7, 11) is 0. The van der Waals surface area contributed by atoms with Crippen LogP contribution in [0.4, 0.5) is 0 Å². The molecule has 0 heterocycles. The maximum Gasteiger partial charge on any atom is 0.322 e. The molecule has 138 valence electrons. The van der Waals surface area contributed by atoms with E-state index < -0.39 is 36.4 Å². The van der Waals surface area contributed by atoms with Crippen LogP contribution in [-0.4, -0.2) is 46.6 Å². The van der Waals surface area contributed by atoms with E-state index in [1.54, 1.807) is 12.1 Å². The van der Waals surface area contributed by atoms with Gasteiger partial charge in [0, 0.05) is 0 Å². The molecule has 6 N–H and O–H groups in total. The van der Waals surface area contributed by atoms with E-state index in [1.807, 2.05) is 13.8 Å². The van der Waals surface area contributed by atoms with Gasteiger partial charge in [0.1, 0.15) is 18.3 Å². The Balaban J connectivity index is 2.67. The first kappa shape index (κ1) is 20.4. The van der Waals surface area contributed by atoms with Crippen LogP contribution in [0.3, 0.4) is 0 Å². The predicted molar refractivity (Wildman–Crippen MR) is 91.8 cm³/mol. The molecule has 2 amide bonds. The van der Waals surface area contributed by atoms with E-state index in [4.69, 9.17) is 10.8 Å². The summed E-state index contributed by atoms with van der Waals surface area (Å²) < 4.78 is 0. The van der Waals surface area contributed by atoms with Crippen molar-refractivity contribution in [2.24, 2.45) is 11.7 Å². The van der Waals surface area contributed by atoms with Crippen molar-refractivity contribution in [2.45, 2.75) is 38.8 Å². The summed E-state index contributed by atoms with van der Waals surface area (Å²) >= 11 is 0. The van der Waals surface area contributed by atoms with Gasteiger partial charge in [-0.05, 0) is 36.5 Å². The highest BCUT2D eigenvalue weighted by Crippen LogP contribution is 2.11. The first-order chi connectivity index (χ1) is 11.7. The number of aromatic hydroxyl groups is 1. The predicted octanol–water partition coefficient (Wildman–Crippen LogP) is -0.00630. The van der Waals surface area contributed by atoms with E-state index >= 15 is 0 Å². The number of carboxylic acid groups (broad SMARTS) is 1. The van der Waals surface area contributed by atoms with Gasteiger partial charge >= 0.3 is 5.97 Å². The largest absolute Gasteiger partial charge is 0.508 e. The lowest BCUT2D eigenvalue weighted by atomic mass is 10.0. The summed E-state index contributed by atoms with van der Waals surface area (Å²) in [5, 5.41) is 22.7. The van der Waals surface area contributed by atoms with Gasteiger partial charge in [-0.1, -0.05) is 26.0 Å². The normalized spacial score (nSPS) is 13.1. The van der Waals surface area contributed by atoms with Gasteiger partial charge in [0.25, 0.3) is 0 Å². The van der Waals surface area contributed by atoms with Crippen molar-refractivity contribution < 1.29 is 24.6 Å². The van der Waals surface area contributed by atoms with Gasteiger partial charge in [-0.25, -0.2) is 0 Å². The average Bonchev–Trinajstić information content (AvgIpc) is 2.53. The zero-order chi connectivity index (χ0) is 19.0. The zero-order valence-electron chi connectivity index (χ0n) is 14.4. The van der Waals surface area contributed by atoms with Gasteiger partial charge < -0.3 is 26.6 Å². The molecule has 0 bridgehead atoms. The second-order valence-electron chi connectivity index (χ2n) is 6.28. The molecule has 0 aromatic heterocycles. The Morgan fingerprint density at radius 3 is 2.24 bits per heavy atom. The second-order valence-corrected chi connectivity index (χ2v) is 6.28. The fraction of sp³-hybridized carbons (Fsp3) is 0.471. The van der Waals surface area contributed by atoms with Crippen LogP contribution in [-0.2, 0) is 20.8 Å². The van der Waals surface area contributed by atoms with Crippen LogP contribution < -0.4 is 16.4 Å². The Morgan fingerprint density at radius 1 is 1.12 bits per heavy atom. The molecule has 8 nitrogen and oxygen atoms in total. The highest BCUT2D eigenvalue weighted by atomic mass is 16.4. The lowest BCUT2D eigenvalue weighted by molar-refractivity contribution is -0.138. The Bertz CT molecular complexity index is 601. The standard InChI is InChI=1S/C17H25N3O5/c1-10(2)7-14(17(25)19-9-15(22)23)20-16(24)13(18)8-11-3-5-12(21)6-4-11/h3-6,10,13-14,21H,7-9,18H2,1-2H3,(H,19,25)(H,20,24)(H,22,23)/t13-,14-/m0/s1. The monoisotopic (exact) mass is 351 g/mol. The molecule has 8 heteroatoms. The molecule has 0 aliphatic heterocycles. The third-order valence-electron chi connectivity index (χ3n) is 3.48. The number of amides is 2. The van der Waals surface area contributed by atoms with Gasteiger partial charge in [0.15, 0.2) is 0 Å². The SMILES string of the molecule is CC(C)C[C@H](NC(=O)[C@@H](N)Cc1ccc(O)cc1)C(=O)NCC(=O)O. The lowest BCUT2D eigenvalue weighted by Crippen LogP contribution is -2.53. The minimum absolute atomic E-state index is 0.119. The smallest absolute Gasteiger partial charge is 0.322 e. The summed E-state index contributed by atoms with van der Waals surface area (Å²) in [5.41, 5.74) is 6.66. The number of rotatable bonds is 9. The summed E-state index contributed by atoms with van der Waals surface area (Å²) in [6, 6.07) is 4.60. The van der Waals surface area contributed by atoms with Crippen LogP contribution in [0.5, 0.6) is 5.75 Å². The number of carbonyl (C=O) groups is 3. The second kappa shape index (κ2) is 9.63. The number of phenolic OH excluding ortho intramolecular Hbond substituents is 1. The Morgan fingerprint density at radius 2 is 1.72 bits per heavy atom. The van der Waals surface area contributed by atoms with Gasteiger partial charge in [0.05, 0.1) is 6.04 Å². The topological polar surface area (TPSA) is 142 Å². The molecular weight excluding hydrogens is 326 g/mol. The van der Waals surface area contributed by atoms with Gasteiger partial charge in [-0.2, -0.15) is 0 Å². The summed E-state index contributed by atoms with van der Waals surface area (Å²) in [4.78, 5) is 34.9. The minimum atomic E-state index is -1.16. The van der Waals surface area contributed by atoms with E-state index in [9.17, 15) is 19.5 Å². The van der Waals surface area contributed by atoms with Gasteiger partial charge in [-0.15, -0.1) is 0 Å². The first-order valence-electron chi connectivity index (χ1n) is 8.02. The number of aliphatic carboxylic acids is 1. The van der Waals surface area contributed by atoms with E-state index in [2.05, 4.69) is 10.6 Å². The molecule has 0 unspecified atom stereocenters. The fourth-order valence-corrected chi connectivity index (χ4v) is 2.25. The van der Waals surface area contributed by atoms with Gasteiger partial charge in [-0.3, -0.25) is 14.4 Å². The van der Waals surface area contributed by atoms with Crippen molar-refractivity contribution in [3.63, 3.8) is 0 Å². The first-order valence-corrected chi connectivity index (χ1v) is 8.02. The number of phenols is 1. The number of carboxylic acids is 1. The number of carbonyl (C=O) groups excluding carboxylic acids is 2. The maximum absolute atomic E-state index is 12.3. The van der Waals surface area contributed by atoms with Crippen LogP contribution in [0, 0.1) is 5.92 Å². The zero-order valence-corrected chi connectivity index (χ0v) is 14.4. The number of nitrogens with one attached hydrogen (secondary N) is 2. The molecule has 1 aromatic rings. The molecule has 1 aromatic carbocycles. The molecule has 2 atom stereocenters. The van der Waals surface area contributed by atoms with Crippen molar-refractivity contribution in [1.82, 2.24) is 10.6 Å². The molecule has 0 saturated heterocycles. The molecule has 0 aliphatic rings. The minimum Gasteiger partial charge on any atom is -0.508 e. The van der Waals surface area contributed by atoms with E-state index in [0.717, 1.165) is 5.56 Å². The summed E-state index contributed by atoms with van der Waals surface area (Å²) in [5.74, 6) is -1.97. The third-order valence-corrected chi connectivity index (χ3v) is 3.48. The van der Waals surface area contributed by atoms with E-state index in [1.165, 1.54) is 12.1 Å². The van der Waals surface area contributed by atoms with Crippen LogP contribution in [0.1, 0.15) is 25.8 Å². The van der Waals surface area contributed by atoms with Gasteiger partial charge in [0.2, 0.25) is 11.8 Å². The van der Waals surface area contributed by atoms with Crippen LogP contribution in [0.15, 0.2) is 24.3 Å². The molecule has 0 saturated carbocycles. The average molecular weight is 351 g/mol. The van der Waals surface area contributed by atoms with Crippen molar-refractivity contribution in [3.05, 3.63) is 29.8 Å². The van der Waals surface area contributed by atoms with Crippen molar-refractivity contribution >= 4 is 17.8 Å².